The molecule has 0 bridgehead atoms. The van der Waals surface area contributed by atoms with E-state index in [0.29, 0.717) is 4.90 Å². The number of benzene rings is 1. The number of anilines is 1. The van der Waals surface area contributed by atoms with Crippen LogP contribution < -0.4 is 5.32 Å². The van der Waals surface area contributed by atoms with E-state index in [-0.39, 0.29) is 33.7 Å². The molecule has 1 N–H and O–H groups in total. The molecule has 1 atom stereocenters. The van der Waals surface area contributed by atoms with Gasteiger partial charge in [-0.25, -0.2) is 0 Å². The molecule has 1 heterocycles. The molecule has 126 valence electrons. The first kappa shape index (κ1) is 18.2. The van der Waals surface area contributed by atoms with Crippen LogP contribution in [-0.4, -0.2) is 36.0 Å². The maximum Gasteiger partial charge on any atom is 0.406 e. The van der Waals surface area contributed by atoms with Gasteiger partial charge in [0.2, 0.25) is 11.8 Å². The lowest BCUT2D eigenvalue weighted by Gasteiger charge is -2.18. The van der Waals surface area contributed by atoms with Crippen molar-refractivity contribution in [2.24, 2.45) is 5.92 Å². The van der Waals surface area contributed by atoms with Crippen LogP contribution in [0.3, 0.4) is 0 Å². The molecule has 1 fully saturated rings. The van der Waals surface area contributed by atoms with Gasteiger partial charge in [-0.2, -0.15) is 13.2 Å². The summed E-state index contributed by atoms with van der Waals surface area (Å²) in [6.07, 6.45) is -4.80. The molecule has 2 rings (SSSR count). The van der Waals surface area contributed by atoms with Gasteiger partial charge in [0.1, 0.15) is 6.54 Å². The Balaban J connectivity index is 2.05. The third kappa shape index (κ3) is 4.65. The van der Waals surface area contributed by atoms with Gasteiger partial charge in [0.15, 0.2) is 0 Å². The van der Waals surface area contributed by atoms with Crippen LogP contribution in [0.4, 0.5) is 18.9 Å². The summed E-state index contributed by atoms with van der Waals surface area (Å²) in [5.41, 5.74) is 0.174. The van der Waals surface area contributed by atoms with E-state index in [1.54, 1.807) is 0 Å². The van der Waals surface area contributed by atoms with Gasteiger partial charge in [-0.1, -0.05) is 34.8 Å². The van der Waals surface area contributed by atoms with Gasteiger partial charge in [0, 0.05) is 13.0 Å². The normalized spacial score (nSPS) is 18.4. The number of amides is 2. The van der Waals surface area contributed by atoms with Crippen molar-refractivity contribution in [1.82, 2.24) is 4.90 Å². The predicted molar refractivity (Wildman–Crippen MR) is 80.8 cm³/mol. The number of nitrogens with zero attached hydrogens (tertiary/aromatic N) is 1. The number of nitrogens with one attached hydrogen (secondary N) is 1. The third-order valence-corrected chi connectivity index (χ3v) is 4.26. The summed E-state index contributed by atoms with van der Waals surface area (Å²) in [6.45, 7) is -1.67. The number of likely N-dealkylation sites (tertiary alicyclic amines) is 1. The number of hydrogen-bond acceptors (Lipinski definition) is 2. The number of carbonyl (C=O) groups excluding carboxylic acids is 2. The Kier molecular flexibility index (Phi) is 5.33. The van der Waals surface area contributed by atoms with Crippen LogP contribution in [0.5, 0.6) is 0 Å². The maximum atomic E-state index is 12.4. The zero-order chi connectivity index (χ0) is 17.4. The molecule has 4 nitrogen and oxygen atoms in total. The molecule has 0 aliphatic carbocycles. The average Bonchev–Trinajstić information content (AvgIpc) is 2.75. The predicted octanol–water partition coefficient (Wildman–Crippen LogP) is 4.00. The van der Waals surface area contributed by atoms with E-state index in [2.05, 4.69) is 5.32 Å². The lowest BCUT2D eigenvalue weighted by atomic mass is 10.1. The molecule has 1 saturated heterocycles. The molecule has 10 heteroatoms. The van der Waals surface area contributed by atoms with E-state index in [9.17, 15) is 22.8 Å². The van der Waals surface area contributed by atoms with E-state index >= 15 is 0 Å². The lowest BCUT2D eigenvalue weighted by Crippen LogP contribution is -2.36. The topological polar surface area (TPSA) is 49.4 Å². The van der Waals surface area contributed by atoms with Crippen LogP contribution in [0.1, 0.15) is 6.42 Å². The Morgan fingerprint density at radius 2 is 1.83 bits per heavy atom. The molecule has 0 spiro atoms. The summed E-state index contributed by atoms with van der Waals surface area (Å²) < 4.78 is 37.1. The van der Waals surface area contributed by atoms with Gasteiger partial charge < -0.3 is 10.2 Å². The van der Waals surface area contributed by atoms with Crippen molar-refractivity contribution in [1.29, 1.82) is 0 Å². The van der Waals surface area contributed by atoms with Crippen LogP contribution in [-0.2, 0) is 9.59 Å². The highest BCUT2D eigenvalue weighted by molar-refractivity contribution is 6.44. The highest BCUT2D eigenvalue weighted by Gasteiger charge is 2.40. The summed E-state index contributed by atoms with van der Waals surface area (Å²) in [4.78, 5) is 24.3. The van der Waals surface area contributed by atoms with E-state index in [4.69, 9.17) is 34.8 Å². The molecule has 0 radical (unpaired) electrons. The SMILES string of the molecule is O=C(Nc1cc(Cl)c(Cl)cc1Cl)[C@@H]1CC(=O)N(CC(F)(F)F)C1. The van der Waals surface area contributed by atoms with E-state index in [0.717, 1.165) is 0 Å². The summed E-state index contributed by atoms with van der Waals surface area (Å²) in [6, 6.07) is 2.66. The minimum atomic E-state index is -4.51. The molecule has 1 aromatic rings. The van der Waals surface area contributed by atoms with Gasteiger partial charge in [-0.3, -0.25) is 9.59 Å². The first-order chi connectivity index (χ1) is 10.6. The van der Waals surface area contributed by atoms with Crippen molar-refractivity contribution < 1.29 is 22.8 Å². The van der Waals surface area contributed by atoms with Crippen molar-refractivity contribution in [2.45, 2.75) is 12.6 Å². The molecule has 1 aliphatic rings. The fraction of sp³-hybridized carbons (Fsp3) is 0.385. The molecule has 0 aromatic heterocycles. The Morgan fingerprint density at radius 3 is 2.43 bits per heavy atom. The highest BCUT2D eigenvalue weighted by Crippen LogP contribution is 2.33. The van der Waals surface area contributed by atoms with Crippen molar-refractivity contribution in [3.63, 3.8) is 0 Å². The molecule has 2 amide bonds. The zero-order valence-corrected chi connectivity index (χ0v) is 13.7. The fourth-order valence-corrected chi connectivity index (χ4v) is 2.76. The van der Waals surface area contributed by atoms with E-state index in [1.165, 1.54) is 12.1 Å². The van der Waals surface area contributed by atoms with Gasteiger partial charge >= 0.3 is 6.18 Å². The van der Waals surface area contributed by atoms with E-state index in [1.807, 2.05) is 0 Å². The molecule has 0 unspecified atom stereocenters. The van der Waals surface area contributed by atoms with Crippen molar-refractivity contribution in [3.05, 3.63) is 27.2 Å². The number of carbonyl (C=O) groups is 2. The summed E-state index contributed by atoms with van der Waals surface area (Å²) in [7, 11) is 0. The summed E-state index contributed by atoms with van der Waals surface area (Å²) in [5, 5.41) is 2.94. The van der Waals surface area contributed by atoms with Crippen LogP contribution >= 0.6 is 34.8 Å². The fourth-order valence-electron chi connectivity index (χ4n) is 2.17. The quantitative estimate of drug-likeness (QED) is 0.795. The van der Waals surface area contributed by atoms with Crippen LogP contribution in [0.2, 0.25) is 15.1 Å². The molecular formula is C13H10Cl3F3N2O2. The number of halogens is 6. The Labute approximate surface area is 144 Å². The van der Waals surface area contributed by atoms with Gasteiger partial charge in [0.05, 0.1) is 26.7 Å². The number of rotatable bonds is 3. The highest BCUT2D eigenvalue weighted by atomic mass is 35.5. The maximum absolute atomic E-state index is 12.4. The molecule has 1 aromatic carbocycles. The van der Waals surface area contributed by atoms with Crippen molar-refractivity contribution >= 4 is 52.3 Å². The van der Waals surface area contributed by atoms with Gasteiger partial charge in [0.25, 0.3) is 0 Å². The largest absolute Gasteiger partial charge is 0.406 e. The summed E-state index contributed by atoms with van der Waals surface area (Å²) >= 11 is 17.5. The van der Waals surface area contributed by atoms with E-state index < -0.39 is 30.5 Å². The van der Waals surface area contributed by atoms with Crippen molar-refractivity contribution in [3.8, 4) is 0 Å². The monoisotopic (exact) mass is 388 g/mol. The Hall–Kier alpha value is -1.18. The average molecular weight is 390 g/mol. The number of hydrogen-bond donors (Lipinski definition) is 1. The zero-order valence-electron chi connectivity index (χ0n) is 11.4. The second kappa shape index (κ2) is 6.75. The molecule has 1 aliphatic heterocycles. The minimum Gasteiger partial charge on any atom is -0.333 e. The van der Waals surface area contributed by atoms with Crippen LogP contribution in [0, 0.1) is 5.92 Å². The van der Waals surface area contributed by atoms with Crippen molar-refractivity contribution in [2.75, 3.05) is 18.4 Å². The number of alkyl halides is 3. The second-order valence-electron chi connectivity index (χ2n) is 5.03. The smallest absolute Gasteiger partial charge is 0.333 e. The molecule has 0 saturated carbocycles. The lowest BCUT2D eigenvalue weighted by molar-refractivity contribution is -0.157. The first-order valence-electron chi connectivity index (χ1n) is 6.37. The van der Waals surface area contributed by atoms with Gasteiger partial charge in [-0.15, -0.1) is 0 Å². The molecular weight excluding hydrogens is 380 g/mol. The van der Waals surface area contributed by atoms with Crippen LogP contribution in [0.15, 0.2) is 12.1 Å². The summed E-state index contributed by atoms with van der Waals surface area (Å²) in [5.74, 6) is -2.22. The molecule has 23 heavy (non-hydrogen) atoms. The first-order valence-corrected chi connectivity index (χ1v) is 7.50. The van der Waals surface area contributed by atoms with Gasteiger partial charge in [-0.05, 0) is 12.1 Å². The van der Waals surface area contributed by atoms with Crippen LogP contribution in [0.25, 0.3) is 0 Å². The Bertz CT molecular complexity index is 652. The Morgan fingerprint density at radius 1 is 1.22 bits per heavy atom. The third-order valence-electron chi connectivity index (χ3n) is 3.22. The minimum absolute atomic E-state index is 0.129. The second-order valence-corrected chi connectivity index (χ2v) is 6.25. The standard InChI is InChI=1S/C13H10Cl3F3N2O2/c14-7-2-9(16)10(3-8(7)15)20-12(23)6-1-11(22)21(4-6)5-13(17,18)19/h2-3,6H,1,4-5H2,(H,20,23)/t6-/m1/s1.